The second kappa shape index (κ2) is 8.05. The van der Waals surface area contributed by atoms with Gasteiger partial charge in [0.15, 0.2) is 0 Å². The number of para-hydroxylation sites is 1. The van der Waals surface area contributed by atoms with E-state index in [1.54, 1.807) is 15.9 Å². The third kappa shape index (κ3) is 3.32. The second-order valence-electron chi connectivity index (χ2n) is 8.46. The molecule has 0 spiro atoms. The van der Waals surface area contributed by atoms with Gasteiger partial charge in [-0.1, -0.05) is 24.3 Å². The van der Waals surface area contributed by atoms with Crippen LogP contribution >= 0.6 is 0 Å². The number of nitrogens with zero attached hydrogens (tertiary/aromatic N) is 2. The number of likely N-dealkylation sites (tertiary alicyclic amines) is 1. The Morgan fingerprint density at radius 3 is 2.61 bits per heavy atom. The number of halogens is 1. The molecule has 2 aromatic carbocycles. The highest BCUT2D eigenvalue weighted by atomic mass is 19.1. The fourth-order valence-corrected chi connectivity index (χ4v) is 5.32. The average Bonchev–Trinajstić information content (AvgIpc) is 2.79. The molecule has 2 aromatic rings. The fraction of sp³-hybridized carbons (Fsp3) is 0.417. The molecule has 3 aliphatic rings. The van der Waals surface area contributed by atoms with Crippen LogP contribution in [-0.4, -0.2) is 60.3 Å². The molecule has 31 heavy (non-hydrogen) atoms. The van der Waals surface area contributed by atoms with Gasteiger partial charge in [-0.05, 0) is 42.7 Å². The van der Waals surface area contributed by atoms with E-state index in [-0.39, 0.29) is 47.9 Å². The van der Waals surface area contributed by atoms with Gasteiger partial charge in [-0.15, -0.1) is 0 Å². The van der Waals surface area contributed by atoms with Crippen LogP contribution in [0.25, 0.3) is 0 Å². The smallest absolute Gasteiger partial charge is 0.258 e. The maximum absolute atomic E-state index is 13.7. The summed E-state index contributed by atoms with van der Waals surface area (Å²) in [6.45, 7) is 1.33. The van der Waals surface area contributed by atoms with Gasteiger partial charge in [0.25, 0.3) is 5.91 Å². The molecule has 2 fully saturated rings. The van der Waals surface area contributed by atoms with E-state index in [9.17, 15) is 19.1 Å². The monoisotopic (exact) mass is 424 g/mol. The molecule has 0 unspecified atom stereocenters. The highest BCUT2D eigenvalue weighted by Crippen LogP contribution is 2.49. The van der Waals surface area contributed by atoms with Crippen molar-refractivity contribution in [3.63, 3.8) is 0 Å². The first-order valence-corrected chi connectivity index (χ1v) is 10.8. The number of amides is 2. The fourth-order valence-electron chi connectivity index (χ4n) is 5.32. The van der Waals surface area contributed by atoms with E-state index in [1.807, 2.05) is 24.3 Å². The van der Waals surface area contributed by atoms with Crippen molar-refractivity contribution in [3.05, 3.63) is 65.5 Å². The molecule has 162 valence electrons. The SMILES string of the molecule is O=C(c1cccc(F)c1)N1C[C@H]2[C@H](c3ccccc31)[C@@H](CO)N2C(=O)C1CCOCC1. The quantitative estimate of drug-likeness (QED) is 0.822. The first-order chi connectivity index (χ1) is 15.1. The minimum absolute atomic E-state index is 0.0263. The normalized spacial score (nSPS) is 25.4. The Labute approximate surface area is 180 Å². The van der Waals surface area contributed by atoms with Crippen LogP contribution < -0.4 is 4.90 Å². The molecule has 2 saturated heterocycles. The van der Waals surface area contributed by atoms with Crippen molar-refractivity contribution >= 4 is 17.5 Å². The zero-order valence-corrected chi connectivity index (χ0v) is 17.1. The van der Waals surface area contributed by atoms with Crippen LogP contribution in [0.2, 0.25) is 0 Å². The minimum Gasteiger partial charge on any atom is -0.394 e. The lowest BCUT2D eigenvalue weighted by atomic mass is 9.71. The molecule has 3 heterocycles. The molecule has 0 radical (unpaired) electrons. The van der Waals surface area contributed by atoms with Gasteiger partial charge in [0.05, 0.1) is 18.7 Å². The Bertz CT molecular complexity index is 1010. The topological polar surface area (TPSA) is 70.1 Å². The molecule has 0 bridgehead atoms. The van der Waals surface area contributed by atoms with E-state index in [0.29, 0.717) is 32.6 Å². The van der Waals surface area contributed by atoms with Gasteiger partial charge in [-0.25, -0.2) is 4.39 Å². The molecule has 0 aromatic heterocycles. The third-order valence-electron chi connectivity index (χ3n) is 6.83. The lowest BCUT2D eigenvalue weighted by Gasteiger charge is -2.59. The number of hydrogen-bond donors (Lipinski definition) is 1. The summed E-state index contributed by atoms with van der Waals surface area (Å²) in [5.74, 6) is -0.873. The van der Waals surface area contributed by atoms with Crippen LogP contribution in [0.1, 0.15) is 34.7 Å². The van der Waals surface area contributed by atoms with Gasteiger partial charge in [0, 0.05) is 42.8 Å². The molecule has 7 heteroatoms. The number of benzene rings is 2. The van der Waals surface area contributed by atoms with Crippen molar-refractivity contribution in [2.45, 2.75) is 30.8 Å². The molecule has 3 atom stereocenters. The molecular weight excluding hydrogens is 399 g/mol. The number of hydrogen-bond acceptors (Lipinski definition) is 4. The Morgan fingerprint density at radius 2 is 1.87 bits per heavy atom. The number of carbonyl (C=O) groups excluding carboxylic acids is 2. The summed E-state index contributed by atoms with van der Waals surface area (Å²) in [6.07, 6.45) is 1.35. The van der Waals surface area contributed by atoms with E-state index < -0.39 is 5.82 Å². The Kier molecular flexibility index (Phi) is 5.24. The van der Waals surface area contributed by atoms with E-state index >= 15 is 0 Å². The molecule has 0 aliphatic carbocycles. The van der Waals surface area contributed by atoms with Crippen molar-refractivity contribution in [3.8, 4) is 0 Å². The summed E-state index contributed by atoms with van der Waals surface area (Å²) < 4.78 is 19.1. The van der Waals surface area contributed by atoms with E-state index in [1.165, 1.54) is 18.2 Å². The van der Waals surface area contributed by atoms with Crippen molar-refractivity contribution < 1.29 is 23.8 Å². The minimum atomic E-state index is -0.464. The number of fused-ring (bicyclic) bond motifs is 3. The molecular formula is C24H25FN2O4. The highest BCUT2D eigenvalue weighted by Gasteiger charge is 2.56. The van der Waals surface area contributed by atoms with Gasteiger partial charge >= 0.3 is 0 Å². The molecule has 6 nitrogen and oxygen atoms in total. The highest BCUT2D eigenvalue weighted by molar-refractivity contribution is 6.07. The van der Waals surface area contributed by atoms with Gasteiger partial charge in [0.2, 0.25) is 5.91 Å². The van der Waals surface area contributed by atoms with Crippen LogP contribution in [0.15, 0.2) is 48.5 Å². The van der Waals surface area contributed by atoms with Gasteiger partial charge in [-0.3, -0.25) is 9.59 Å². The van der Waals surface area contributed by atoms with E-state index in [2.05, 4.69) is 0 Å². The zero-order valence-electron chi connectivity index (χ0n) is 17.1. The number of aliphatic hydroxyl groups excluding tert-OH is 1. The molecule has 1 N–H and O–H groups in total. The van der Waals surface area contributed by atoms with Crippen molar-refractivity contribution in [1.29, 1.82) is 0 Å². The number of carbonyl (C=O) groups is 2. The maximum atomic E-state index is 13.7. The lowest BCUT2D eigenvalue weighted by molar-refractivity contribution is -0.157. The van der Waals surface area contributed by atoms with Gasteiger partial charge < -0.3 is 19.6 Å². The second-order valence-corrected chi connectivity index (χ2v) is 8.46. The van der Waals surface area contributed by atoms with E-state index in [0.717, 1.165) is 11.3 Å². The van der Waals surface area contributed by atoms with Crippen molar-refractivity contribution in [2.24, 2.45) is 5.92 Å². The predicted molar refractivity (Wildman–Crippen MR) is 112 cm³/mol. The maximum Gasteiger partial charge on any atom is 0.258 e. The van der Waals surface area contributed by atoms with E-state index in [4.69, 9.17) is 4.74 Å². The van der Waals surface area contributed by atoms with Crippen molar-refractivity contribution in [2.75, 3.05) is 31.3 Å². The van der Waals surface area contributed by atoms with Crippen LogP contribution in [0, 0.1) is 11.7 Å². The Hall–Kier alpha value is -2.77. The van der Waals surface area contributed by atoms with Crippen LogP contribution in [-0.2, 0) is 9.53 Å². The largest absolute Gasteiger partial charge is 0.394 e. The molecule has 2 amide bonds. The zero-order chi connectivity index (χ0) is 21.5. The lowest BCUT2D eigenvalue weighted by Crippen LogP contribution is -2.71. The number of ether oxygens (including phenoxy) is 1. The number of rotatable bonds is 3. The average molecular weight is 424 g/mol. The molecule has 0 saturated carbocycles. The first-order valence-electron chi connectivity index (χ1n) is 10.8. The molecule has 3 aliphatic heterocycles. The van der Waals surface area contributed by atoms with Crippen LogP contribution in [0.4, 0.5) is 10.1 Å². The van der Waals surface area contributed by atoms with Crippen molar-refractivity contribution in [1.82, 2.24) is 4.90 Å². The van der Waals surface area contributed by atoms with Crippen LogP contribution in [0.3, 0.4) is 0 Å². The summed E-state index contributed by atoms with van der Waals surface area (Å²) in [4.78, 5) is 30.0. The van der Waals surface area contributed by atoms with Crippen LogP contribution in [0.5, 0.6) is 0 Å². The number of anilines is 1. The standard InChI is InChI=1S/C24H25FN2O4/c25-17-5-3-4-16(12-17)23(29)26-13-20-22(18-6-1-2-7-19(18)26)21(14-28)27(20)24(30)15-8-10-31-11-9-15/h1-7,12,15,20-22,28H,8-11,13-14H2/t20-,21+,22-/m0/s1. The third-order valence-corrected chi connectivity index (χ3v) is 6.83. The first kappa shape index (κ1) is 20.2. The summed E-state index contributed by atoms with van der Waals surface area (Å²) >= 11 is 0. The Balaban J connectivity index is 1.49. The Morgan fingerprint density at radius 1 is 1.10 bits per heavy atom. The number of aliphatic hydroxyl groups is 1. The van der Waals surface area contributed by atoms with Gasteiger partial charge in [0.1, 0.15) is 5.82 Å². The summed E-state index contributed by atoms with van der Waals surface area (Å²) in [5.41, 5.74) is 1.97. The summed E-state index contributed by atoms with van der Waals surface area (Å²) in [5, 5.41) is 10.1. The van der Waals surface area contributed by atoms with Gasteiger partial charge in [-0.2, -0.15) is 0 Å². The summed E-state index contributed by atoms with van der Waals surface area (Å²) in [6, 6.07) is 12.8. The predicted octanol–water partition coefficient (Wildman–Crippen LogP) is 2.57. The summed E-state index contributed by atoms with van der Waals surface area (Å²) in [7, 11) is 0. The molecule has 5 rings (SSSR count).